The van der Waals surface area contributed by atoms with Gasteiger partial charge >= 0.3 is 5.97 Å². The Morgan fingerprint density at radius 2 is 1.87 bits per heavy atom. The van der Waals surface area contributed by atoms with Crippen LogP contribution in [0.15, 0.2) is 39.7 Å². The minimum absolute atomic E-state index is 0.135. The van der Waals surface area contributed by atoms with Gasteiger partial charge in [-0.3, -0.25) is 14.5 Å². The van der Waals surface area contributed by atoms with Gasteiger partial charge in [0, 0.05) is 34.1 Å². The molecule has 30 heavy (non-hydrogen) atoms. The number of halogens is 2. The van der Waals surface area contributed by atoms with Crippen molar-refractivity contribution in [2.24, 2.45) is 0 Å². The number of amides is 1. The molecule has 0 spiro atoms. The summed E-state index contributed by atoms with van der Waals surface area (Å²) in [7, 11) is 0. The molecule has 3 rings (SSSR count). The van der Waals surface area contributed by atoms with E-state index in [9.17, 15) is 9.59 Å². The third kappa shape index (κ3) is 5.46. The second-order valence-electron chi connectivity index (χ2n) is 6.81. The largest absolute Gasteiger partial charge is 0.481 e. The number of furan rings is 1. The van der Waals surface area contributed by atoms with Gasteiger partial charge in [-0.2, -0.15) is 0 Å². The van der Waals surface area contributed by atoms with E-state index < -0.39 is 5.97 Å². The van der Waals surface area contributed by atoms with Gasteiger partial charge in [0.25, 0.3) is 5.91 Å². The first kappa shape index (κ1) is 22.9. The molecular formula is C21H19Cl2NO4S2. The van der Waals surface area contributed by atoms with Gasteiger partial charge in [0.2, 0.25) is 0 Å². The van der Waals surface area contributed by atoms with Crippen LogP contribution in [0.1, 0.15) is 38.4 Å². The van der Waals surface area contributed by atoms with Crippen LogP contribution in [0.5, 0.6) is 0 Å². The molecule has 0 unspecified atom stereocenters. The molecule has 1 N–H and O–H groups in total. The number of carboxylic acid groups (broad SMARTS) is 1. The van der Waals surface area contributed by atoms with Crippen molar-refractivity contribution in [1.82, 2.24) is 4.90 Å². The molecule has 2 aromatic rings. The van der Waals surface area contributed by atoms with Crippen LogP contribution in [0, 0.1) is 0 Å². The van der Waals surface area contributed by atoms with E-state index in [-0.39, 0.29) is 12.3 Å². The van der Waals surface area contributed by atoms with E-state index in [1.54, 1.807) is 29.2 Å². The Morgan fingerprint density at radius 3 is 2.53 bits per heavy atom. The molecule has 2 heterocycles. The molecule has 9 heteroatoms. The lowest BCUT2D eigenvalue weighted by atomic mass is 10.1. The molecule has 0 bridgehead atoms. The summed E-state index contributed by atoms with van der Waals surface area (Å²) in [5.41, 5.74) is 1.46. The topological polar surface area (TPSA) is 70.8 Å². The second-order valence-corrected chi connectivity index (χ2v) is 9.32. The van der Waals surface area contributed by atoms with Gasteiger partial charge in [0.05, 0.1) is 4.91 Å². The fourth-order valence-corrected chi connectivity index (χ4v) is 4.91. The molecule has 0 saturated carbocycles. The number of aliphatic carboxylic acids is 1. The van der Waals surface area contributed by atoms with Crippen molar-refractivity contribution in [1.29, 1.82) is 0 Å². The van der Waals surface area contributed by atoms with E-state index in [1.165, 1.54) is 11.8 Å². The number of benzene rings is 1. The zero-order valence-corrected chi connectivity index (χ0v) is 19.3. The highest BCUT2D eigenvalue weighted by Crippen LogP contribution is 2.38. The van der Waals surface area contributed by atoms with Gasteiger partial charge in [0.15, 0.2) is 0 Å². The summed E-state index contributed by atoms with van der Waals surface area (Å²) < 4.78 is 6.45. The van der Waals surface area contributed by atoms with Crippen LogP contribution in [0.3, 0.4) is 0 Å². The zero-order chi connectivity index (χ0) is 21.8. The van der Waals surface area contributed by atoms with Crippen molar-refractivity contribution in [2.75, 3.05) is 6.54 Å². The summed E-state index contributed by atoms with van der Waals surface area (Å²) in [4.78, 5) is 25.5. The van der Waals surface area contributed by atoms with Gasteiger partial charge in [0.1, 0.15) is 15.8 Å². The van der Waals surface area contributed by atoms with E-state index in [0.29, 0.717) is 55.8 Å². The van der Waals surface area contributed by atoms with Crippen molar-refractivity contribution >= 4 is 69.0 Å². The summed E-state index contributed by atoms with van der Waals surface area (Å²) in [5.74, 6) is 0.215. The predicted molar refractivity (Wildman–Crippen MR) is 125 cm³/mol. The Bertz CT molecular complexity index is 1010. The van der Waals surface area contributed by atoms with Gasteiger partial charge in [-0.05, 0) is 50.1 Å². The fraction of sp³-hybridized carbons (Fsp3) is 0.286. The predicted octanol–water partition coefficient (Wildman–Crippen LogP) is 6.49. The van der Waals surface area contributed by atoms with Crippen LogP contribution < -0.4 is 0 Å². The molecular weight excluding hydrogens is 465 g/mol. The zero-order valence-electron chi connectivity index (χ0n) is 16.1. The Balaban J connectivity index is 1.72. The first-order valence-corrected chi connectivity index (χ1v) is 11.3. The molecule has 1 aromatic heterocycles. The van der Waals surface area contributed by atoms with Crippen LogP contribution in [0.4, 0.5) is 0 Å². The summed E-state index contributed by atoms with van der Waals surface area (Å²) in [5, 5.41) is 9.72. The number of carbonyl (C=O) groups excluding carboxylic acids is 1. The molecule has 0 atom stereocenters. The monoisotopic (exact) mass is 483 g/mol. The minimum Gasteiger partial charge on any atom is -0.481 e. The van der Waals surface area contributed by atoms with Crippen molar-refractivity contribution in [2.45, 2.75) is 32.6 Å². The number of thioether (sulfide) groups is 1. The maximum atomic E-state index is 12.9. The standard InChI is InChI=1S/C21H19Cl2NO4S2/c1-12(16-6-7-17(28-16)13-9-14(22)11-15(23)10-13)19-20(27)24(21(29)30-19)8-4-2-3-5-18(25)26/h6-7,9-11H,2-5,8H2,1H3,(H,25,26)/b19-12+. The number of carbonyl (C=O) groups is 2. The molecule has 1 fully saturated rings. The second kappa shape index (κ2) is 10.0. The fourth-order valence-electron chi connectivity index (χ4n) is 3.05. The lowest BCUT2D eigenvalue weighted by molar-refractivity contribution is -0.137. The quantitative estimate of drug-likeness (QED) is 0.262. The molecule has 1 amide bonds. The van der Waals surface area contributed by atoms with Crippen molar-refractivity contribution in [3.63, 3.8) is 0 Å². The smallest absolute Gasteiger partial charge is 0.303 e. The number of rotatable bonds is 8. The van der Waals surface area contributed by atoms with E-state index >= 15 is 0 Å². The number of carboxylic acids is 1. The van der Waals surface area contributed by atoms with E-state index in [2.05, 4.69) is 0 Å². The van der Waals surface area contributed by atoms with E-state index in [4.69, 9.17) is 44.9 Å². The summed E-state index contributed by atoms with van der Waals surface area (Å²) in [6.45, 7) is 2.30. The number of allylic oxidation sites excluding steroid dienone is 1. The van der Waals surface area contributed by atoms with E-state index in [1.807, 2.05) is 13.0 Å². The number of hydrogen-bond donors (Lipinski definition) is 1. The molecule has 1 aromatic carbocycles. The molecule has 0 aliphatic carbocycles. The SMILES string of the molecule is C/C(=C1\SC(=S)N(CCCCCC(=O)O)C1=O)c1ccc(-c2cc(Cl)cc(Cl)c2)o1. The highest BCUT2D eigenvalue weighted by atomic mass is 35.5. The third-order valence-corrected chi connectivity index (χ3v) is 6.57. The Labute approximate surface area is 194 Å². The first-order valence-electron chi connectivity index (χ1n) is 9.29. The molecule has 1 aliphatic heterocycles. The normalized spacial score (nSPS) is 15.8. The minimum atomic E-state index is -0.808. The molecule has 1 saturated heterocycles. The molecule has 1 aliphatic rings. The summed E-state index contributed by atoms with van der Waals surface area (Å²) >= 11 is 18.8. The van der Waals surface area contributed by atoms with Crippen LogP contribution in [-0.2, 0) is 9.59 Å². The number of thiocarbonyl (C=S) groups is 1. The lowest BCUT2D eigenvalue weighted by Gasteiger charge is -2.14. The summed E-state index contributed by atoms with van der Waals surface area (Å²) in [6.07, 6.45) is 2.15. The molecule has 0 radical (unpaired) electrons. The first-order chi connectivity index (χ1) is 14.3. The average molecular weight is 484 g/mol. The third-order valence-electron chi connectivity index (χ3n) is 4.58. The van der Waals surface area contributed by atoms with Gasteiger partial charge in [-0.25, -0.2) is 0 Å². The number of unbranched alkanes of at least 4 members (excludes halogenated alkanes) is 2. The lowest BCUT2D eigenvalue weighted by Crippen LogP contribution is -2.29. The van der Waals surface area contributed by atoms with Crippen molar-refractivity contribution in [3.8, 4) is 11.3 Å². The van der Waals surface area contributed by atoms with Gasteiger partial charge < -0.3 is 9.52 Å². The van der Waals surface area contributed by atoms with Crippen LogP contribution >= 0.6 is 47.2 Å². The highest BCUT2D eigenvalue weighted by Gasteiger charge is 2.33. The Kier molecular flexibility index (Phi) is 7.63. The number of hydrogen-bond acceptors (Lipinski definition) is 5. The maximum Gasteiger partial charge on any atom is 0.303 e. The van der Waals surface area contributed by atoms with Gasteiger partial charge in [-0.15, -0.1) is 0 Å². The maximum absolute atomic E-state index is 12.9. The van der Waals surface area contributed by atoms with Crippen LogP contribution in [0.2, 0.25) is 10.0 Å². The molecule has 5 nitrogen and oxygen atoms in total. The Morgan fingerprint density at radius 1 is 1.17 bits per heavy atom. The average Bonchev–Trinajstić information content (AvgIpc) is 3.26. The molecule has 158 valence electrons. The van der Waals surface area contributed by atoms with Gasteiger partial charge in [-0.1, -0.05) is 53.6 Å². The van der Waals surface area contributed by atoms with E-state index in [0.717, 1.165) is 12.0 Å². The summed E-state index contributed by atoms with van der Waals surface area (Å²) in [6, 6.07) is 8.78. The highest BCUT2D eigenvalue weighted by molar-refractivity contribution is 8.26. The number of nitrogens with zero attached hydrogens (tertiary/aromatic N) is 1. The van der Waals surface area contributed by atoms with Crippen LogP contribution in [-0.4, -0.2) is 32.7 Å². The Hall–Kier alpha value is -1.80. The van der Waals surface area contributed by atoms with Crippen molar-refractivity contribution in [3.05, 3.63) is 51.0 Å². The van der Waals surface area contributed by atoms with Crippen LogP contribution in [0.25, 0.3) is 16.9 Å². The van der Waals surface area contributed by atoms with Crippen molar-refractivity contribution < 1.29 is 19.1 Å².